The van der Waals surface area contributed by atoms with Crippen LogP contribution < -0.4 is 14.2 Å². The molecule has 0 saturated heterocycles. The zero-order valence-electron chi connectivity index (χ0n) is 14.5. The van der Waals surface area contributed by atoms with Crippen molar-refractivity contribution in [3.63, 3.8) is 0 Å². The third-order valence-corrected chi connectivity index (χ3v) is 3.75. The van der Waals surface area contributed by atoms with Crippen molar-refractivity contribution in [1.82, 2.24) is 14.2 Å². The molecule has 2 rings (SSSR count). The number of ether oxygens (including phenoxy) is 2. The molecular weight excluding hydrogens is 382 g/mol. The number of nitrogens with one attached hydrogen (secondary N) is 1. The molecule has 11 nitrogen and oxygen atoms in total. The summed E-state index contributed by atoms with van der Waals surface area (Å²) in [5, 5.41) is 20.4. The average molecular weight is 399 g/mol. The van der Waals surface area contributed by atoms with Crippen LogP contribution in [-0.4, -0.2) is 61.3 Å². The van der Waals surface area contributed by atoms with Crippen LogP contribution in [0.1, 0.15) is 10.5 Å². The van der Waals surface area contributed by atoms with E-state index in [9.17, 15) is 28.2 Å². The van der Waals surface area contributed by atoms with E-state index in [2.05, 4.69) is 0 Å². The molecule has 0 aliphatic carbocycles. The molecule has 27 heavy (non-hydrogen) atoms. The fraction of sp³-hybridized carbons (Fsp3) is 0.200. The van der Waals surface area contributed by atoms with Crippen LogP contribution >= 0.6 is 0 Å². The quantitative estimate of drug-likeness (QED) is 0.522. The van der Waals surface area contributed by atoms with Crippen LogP contribution in [0.15, 0.2) is 24.3 Å². The van der Waals surface area contributed by atoms with Crippen LogP contribution in [0.5, 0.6) is 23.1 Å². The van der Waals surface area contributed by atoms with E-state index in [4.69, 9.17) is 9.47 Å². The van der Waals surface area contributed by atoms with Gasteiger partial charge in [-0.15, -0.1) is 0 Å². The van der Waals surface area contributed by atoms with Gasteiger partial charge in [-0.1, -0.05) is 0 Å². The lowest BCUT2D eigenvalue weighted by atomic mass is 10.2. The van der Waals surface area contributed by atoms with Crippen molar-refractivity contribution in [3.8, 4) is 28.8 Å². The standard InChI is InChI=1S/C15H17N3O8S/c1-17(2)13(21)10-11(19)12(20)14(26-15(22)16-27(23)24)18(10)8-4-6-9(25-3)7-5-8/h4-7,19-20,27H,1-3H3,(H,16,22,23,24). The number of thiol groups is 1. The lowest BCUT2D eigenvalue weighted by Gasteiger charge is -2.15. The molecule has 0 fully saturated rings. The summed E-state index contributed by atoms with van der Waals surface area (Å²) in [5.41, 5.74) is -0.164. The molecule has 0 atom stereocenters. The van der Waals surface area contributed by atoms with Crippen molar-refractivity contribution in [1.29, 1.82) is 0 Å². The van der Waals surface area contributed by atoms with Crippen molar-refractivity contribution >= 4 is 22.9 Å². The molecule has 12 heteroatoms. The van der Waals surface area contributed by atoms with Crippen molar-refractivity contribution in [2.24, 2.45) is 0 Å². The molecule has 0 radical (unpaired) electrons. The van der Waals surface area contributed by atoms with Crippen molar-refractivity contribution < 1.29 is 37.7 Å². The minimum Gasteiger partial charge on any atom is -0.503 e. The second kappa shape index (κ2) is 7.86. The molecule has 0 saturated carbocycles. The van der Waals surface area contributed by atoms with Crippen molar-refractivity contribution in [3.05, 3.63) is 30.0 Å². The minimum atomic E-state index is -3.31. The van der Waals surface area contributed by atoms with Gasteiger partial charge in [0.1, 0.15) is 5.75 Å². The zero-order chi connectivity index (χ0) is 20.3. The highest BCUT2D eigenvalue weighted by Gasteiger charge is 2.31. The Morgan fingerprint density at radius 2 is 1.70 bits per heavy atom. The molecule has 146 valence electrons. The number of nitrogens with zero attached hydrogens (tertiary/aromatic N) is 2. The van der Waals surface area contributed by atoms with Crippen molar-refractivity contribution in [2.75, 3.05) is 21.2 Å². The Labute approximate surface area is 155 Å². The first kappa shape index (κ1) is 19.9. The van der Waals surface area contributed by atoms with Crippen LogP contribution in [0.4, 0.5) is 4.79 Å². The molecule has 0 spiro atoms. The van der Waals surface area contributed by atoms with E-state index in [0.29, 0.717) is 5.75 Å². The Morgan fingerprint density at radius 3 is 2.19 bits per heavy atom. The maximum Gasteiger partial charge on any atom is 0.427 e. The summed E-state index contributed by atoms with van der Waals surface area (Å²) >= 11 is 0. The summed E-state index contributed by atoms with van der Waals surface area (Å²) in [4.78, 5) is 25.2. The average Bonchev–Trinajstić information content (AvgIpc) is 2.85. The van der Waals surface area contributed by atoms with Crippen LogP contribution in [0.25, 0.3) is 5.69 Å². The van der Waals surface area contributed by atoms with E-state index in [-0.39, 0.29) is 5.69 Å². The molecule has 0 bridgehead atoms. The minimum absolute atomic E-state index is 0.228. The molecule has 1 aromatic carbocycles. The highest BCUT2D eigenvalue weighted by atomic mass is 32.2. The number of aromatic hydroxyl groups is 2. The SMILES string of the molecule is COc1ccc(-n2c(OC(=O)N[SH](=O)=O)c(O)c(O)c2C(=O)N(C)C)cc1. The third-order valence-electron chi connectivity index (χ3n) is 3.39. The number of hydrogen-bond donors (Lipinski definition) is 4. The van der Waals surface area contributed by atoms with E-state index in [1.54, 1.807) is 0 Å². The first-order valence-corrected chi connectivity index (χ1v) is 8.50. The molecule has 2 amide bonds. The van der Waals surface area contributed by atoms with Gasteiger partial charge in [0, 0.05) is 19.8 Å². The van der Waals surface area contributed by atoms with E-state index in [0.717, 1.165) is 9.47 Å². The monoisotopic (exact) mass is 399 g/mol. The van der Waals surface area contributed by atoms with Gasteiger partial charge in [0.2, 0.25) is 16.6 Å². The number of carbonyl (C=O) groups is 2. The number of hydrogen-bond acceptors (Lipinski definition) is 8. The summed E-state index contributed by atoms with van der Waals surface area (Å²) in [6.07, 6.45) is -1.43. The molecule has 3 N–H and O–H groups in total. The number of methoxy groups -OCH3 is 1. The van der Waals surface area contributed by atoms with Gasteiger partial charge in [-0.05, 0) is 24.3 Å². The Bertz CT molecular complexity index is 939. The summed E-state index contributed by atoms with van der Waals surface area (Å²) in [6, 6.07) is 6.02. The molecule has 2 aromatic rings. The molecule has 0 aliphatic rings. The first-order chi connectivity index (χ1) is 12.7. The first-order valence-electron chi connectivity index (χ1n) is 7.33. The second-order valence-electron chi connectivity index (χ2n) is 5.34. The Balaban J connectivity index is 2.68. The van der Waals surface area contributed by atoms with E-state index < -0.39 is 46.0 Å². The predicted octanol–water partition coefficient (Wildman–Crippen LogP) is 0.214. The highest BCUT2D eigenvalue weighted by Crippen LogP contribution is 2.44. The van der Waals surface area contributed by atoms with Gasteiger partial charge in [-0.25, -0.2) is 17.9 Å². The normalized spacial score (nSPS) is 10.5. The second-order valence-corrected chi connectivity index (χ2v) is 6.08. The van der Waals surface area contributed by atoms with E-state index in [1.165, 1.54) is 50.2 Å². The number of amides is 2. The molecule has 0 aliphatic heterocycles. The lowest BCUT2D eigenvalue weighted by molar-refractivity contribution is 0.0815. The van der Waals surface area contributed by atoms with Gasteiger partial charge >= 0.3 is 6.09 Å². The van der Waals surface area contributed by atoms with Crippen LogP contribution in [0, 0.1) is 0 Å². The van der Waals surface area contributed by atoms with Gasteiger partial charge in [0.15, 0.2) is 11.4 Å². The third kappa shape index (κ3) is 4.06. The summed E-state index contributed by atoms with van der Waals surface area (Å²) in [7, 11) is 0.974. The van der Waals surface area contributed by atoms with Crippen LogP contribution in [-0.2, 0) is 10.9 Å². The van der Waals surface area contributed by atoms with E-state index in [1.807, 2.05) is 0 Å². The van der Waals surface area contributed by atoms with Gasteiger partial charge in [0.25, 0.3) is 11.8 Å². The topological polar surface area (TPSA) is 147 Å². The molecule has 1 heterocycles. The molecular formula is C15H17N3O8S. The molecule has 0 unspecified atom stereocenters. The summed E-state index contributed by atoms with van der Waals surface area (Å²) < 4.78 is 33.5. The summed E-state index contributed by atoms with van der Waals surface area (Å²) in [5.74, 6) is -2.60. The largest absolute Gasteiger partial charge is 0.503 e. The number of aromatic nitrogens is 1. The maximum absolute atomic E-state index is 12.5. The smallest absolute Gasteiger partial charge is 0.427 e. The van der Waals surface area contributed by atoms with Crippen LogP contribution in [0.3, 0.4) is 0 Å². The molecule has 1 aromatic heterocycles. The number of rotatable bonds is 5. The van der Waals surface area contributed by atoms with Crippen molar-refractivity contribution in [2.45, 2.75) is 0 Å². The van der Waals surface area contributed by atoms with Gasteiger partial charge in [-0.3, -0.25) is 9.36 Å². The highest BCUT2D eigenvalue weighted by molar-refractivity contribution is 7.70. The fourth-order valence-corrected chi connectivity index (χ4v) is 2.39. The Kier molecular flexibility index (Phi) is 5.80. The predicted molar refractivity (Wildman–Crippen MR) is 93.1 cm³/mol. The Morgan fingerprint density at radius 1 is 1.11 bits per heavy atom. The van der Waals surface area contributed by atoms with Crippen LogP contribution in [0.2, 0.25) is 0 Å². The zero-order valence-corrected chi connectivity index (χ0v) is 15.4. The Hall–Kier alpha value is -3.41. The van der Waals surface area contributed by atoms with Gasteiger partial charge in [-0.2, -0.15) is 0 Å². The van der Waals surface area contributed by atoms with Gasteiger partial charge < -0.3 is 24.6 Å². The lowest BCUT2D eigenvalue weighted by Crippen LogP contribution is -2.27. The van der Waals surface area contributed by atoms with Gasteiger partial charge in [0.05, 0.1) is 7.11 Å². The van der Waals surface area contributed by atoms with E-state index >= 15 is 0 Å². The number of carbonyl (C=O) groups excluding carboxylic acids is 2. The number of benzene rings is 1. The maximum atomic E-state index is 12.5. The summed E-state index contributed by atoms with van der Waals surface area (Å²) in [6.45, 7) is 0. The fourth-order valence-electron chi connectivity index (χ4n) is 2.19.